The molecule has 1 rings (SSSR count). The number of nitriles is 1. The molecule has 5 nitrogen and oxygen atoms in total. The number of ether oxygens (including phenoxy) is 3. The van der Waals surface area contributed by atoms with Gasteiger partial charge in [0.25, 0.3) is 12.1 Å². The first kappa shape index (κ1) is 9.13. The molecule has 0 N–H and O–H groups in total. The van der Waals surface area contributed by atoms with E-state index >= 15 is 0 Å². The Morgan fingerprint density at radius 1 is 1.38 bits per heavy atom. The fourth-order valence-electron chi connectivity index (χ4n) is 0.858. The first-order valence-corrected chi connectivity index (χ1v) is 3.46. The zero-order chi connectivity index (χ0) is 9.68. The highest BCUT2D eigenvalue weighted by atomic mass is 16.5. The Morgan fingerprint density at radius 3 is 2.69 bits per heavy atom. The number of nitrogens with zero attached hydrogens (tertiary/aromatic N) is 2. The lowest BCUT2D eigenvalue weighted by Crippen LogP contribution is -1.95. The van der Waals surface area contributed by atoms with Crippen molar-refractivity contribution in [2.75, 3.05) is 14.2 Å². The minimum absolute atomic E-state index is 0.190. The van der Waals surface area contributed by atoms with E-state index in [2.05, 4.69) is 9.72 Å². The van der Waals surface area contributed by atoms with Gasteiger partial charge in [0, 0.05) is 12.3 Å². The molecule has 0 saturated carbocycles. The monoisotopic (exact) mass is 180 g/mol. The summed E-state index contributed by atoms with van der Waals surface area (Å²) in [5, 5.41) is 8.35. The molecule has 0 aliphatic carbocycles. The largest absolute Gasteiger partial charge is 0.493 e. The van der Waals surface area contributed by atoms with E-state index in [1.165, 1.54) is 26.7 Å². The minimum Gasteiger partial charge on any atom is -0.493 e. The number of methoxy groups -OCH3 is 2. The van der Waals surface area contributed by atoms with Gasteiger partial charge >= 0.3 is 0 Å². The number of hydrogen-bond donors (Lipinski definition) is 0. The Labute approximate surface area is 75.5 Å². The summed E-state index contributed by atoms with van der Waals surface area (Å²) in [4.78, 5) is 3.85. The van der Waals surface area contributed by atoms with Gasteiger partial charge in [-0.3, -0.25) is 0 Å². The molecule has 1 aromatic rings. The van der Waals surface area contributed by atoms with Crippen molar-refractivity contribution in [3.63, 3.8) is 0 Å². The SMILES string of the molecule is COc1ccnc(OC)c1OC#N. The van der Waals surface area contributed by atoms with Crippen LogP contribution >= 0.6 is 0 Å². The maximum Gasteiger partial charge on any atom is 0.292 e. The molecule has 0 amide bonds. The zero-order valence-electron chi connectivity index (χ0n) is 7.27. The maximum absolute atomic E-state index is 8.35. The molecular formula is C8H8N2O3. The Bertz CT molecular complexity index is 310. The van der Waals surface area contributed by atoms with Crippen LogP contribution in [-0.4, -0.2) is 19.2 Å². The second-order valence-corrected chi connectivity index (χ2v) is 2.04. The molecular weight excluding hydrogens is 172 g/mol. The van der Waals surface area contributed by atoms with E-state index in [-0.39, 0.29) is 11.6 Å². The van der Waals surface area contributed by atoms with Crippen LogP contribution in [0.1, 0.15) is 0 Å². The highest BCUT2D eigenvalue weighted by molar-refractivity contribution is 5.47. The van der Waals surface area contributed by atoms with E-state index < -0.39 is 0 Å². The Morgan fingerprint density at radius 2 is 2.15 bits per heavy atom. The van der Waals surface area contributed by atoms with E-state index in [1.54, 1.807) is 6.07 Å². The molecule has 13 heavy (non-hydrogen) atoms. The summed E-state index contributed by atoms with van der Waals surface area (Å²) in [6.07, 6.45) is 3.04. The molecule has 1 heterocycles. The summed E-state index contributed by atoms with van der Waals surface area (Å²) in [5.74, 6) is 0.823. The van der Waals surface area contributed by atoms with Crippen LogP contribution < -0.4 is 14.2 Å². The smallest absolute Gasteiger partial charge is 0.292 e. The molecule has 0 fully saturated rings. The number of pyridine rings is 1. The third-order valence-electron chi connectivity index (χ3n) is 1.40. The summed E-state index contributed by atoms with van der Waals surface area (Å²) in [7, 11) is 2.91. The normalized spacial score (nSPS) is 8.69. The van der Waals surface area contributed by atoms with Gasteiger partial charge in [-0.05, 0) is 0 Å². The van der Waals surface area contributed by atoms with E-state index in [4.69, 9.17) is 14.7 Å². The van der Waals surface area contributed by atoms with E-state index in [0.29, 0.717) is 5.75 Å². The molecule has 0 saturated heterocycles. The van der Waals surface area contributed by atoms with Gasteiger partial charge in [-0.2, -0.15) is 0 Å². The molecule has 0 atom stereocenters. The quantitative estimate of drug-likeness (QED) is 0.648. The van der Waals surface area contributed by atoms with Crippen molar-refractivity contribution in [3.8, 4) is 23.6 Å². The lowest BCUT2D eigenvalue weighted by molar-refractivity contribution is 0.341. The van der Waals surface area contributed by atoms with Gasteiger partial charge in [0.05, 0.1) is 14.2 Å². The average molecular weight is 180 g/mol. The van der Waals surface area contributed by atoms with Crippen molar-refractivity contribution >= 4 is 0 Å². The van der Waals surface area contributed by atoms with Gasteiger partial charge in [-0.15, -0.1) is 5.26 Å². The molecule has 0 spiro atoms. The molecule has 68 valence electrons. The second kappa shape index (κ2) is 4.16. The summed E-state index contributed by atoms with van der Waals surface area (Å²) in [5.41, 5.74) is 0. The number of hydrogen-bond acceptors (Lipinski definition) is 5. The van der Waals surface area contributed by atoms with Gasteiger partial charge in [0.2, 0.25) is 5.75 Å². The average Bonchev–Trinajstić information content (AvgIpc) is 2.18. The van der Waals surface area contributed by atoms with Gasteiger partial charge < -0.3 is 14.2 Å². The maximum atomic E-state index is 8.35. The second-order valence-electron chi connectivity index (χ2n) is 2.04. The Balaban J connectivity index is 3.14. The first-order chi connectivity index (χ1) is 6.33. The highest BCUT2D eigenvalue weighted by Crippen LogP contribution is 2.34. The van der Waals surface area contributed by atoms with E-state index in [0.717, 1.165) is 0 Å². The minimum atomic E-state index is 0.190. The van der Waals surface area contributed by atoms with Gasteiger partial charge in [0.15, 0.2) is 5.75 Å². The van der Waals surface area contributed by atoms with Gasteiger partial charge in [-0.1, -0.05) is 0 Å². The zero-order valence-corrected chi connectivity index (χ0v) is 7.27. The number of aromatic nitrogens is 1. The van der Waals surface area contributed by atoms with Gasteiger partial charge in [0.1, 0.15) is 0 Å². The lowest BCUT2D eigenvalue weighted by atomic mass is 10.4. The van der Waals surface area contributed by atoms with Crippen molar-refractivity contribution in [3.05, 3.63) is 12.3 Å². The third kappa shape index (κ3) is 1.79. The van der Waals surface area contributed by atoms with Crippen LogP contribution in [0.2, 0.25) is 0 Å². The number of rotatable bonds is 3. The standard InChI is InChI=1S/C8H8N2O3/c1-11-6-3-4-10-8(12-2)7(6)13-5-9/h3-4H,1-2H3. The predicted octanol–water partition coefficient (Wildman–Crippen LogP) is 0.959. The van der Waals surface area contributed by atoms with E-state index in [1.807, 2.05) is 0 Å². The molecule has 0 aromatic carbocycles. The van der Waals surface area contributed by atoms with Crippen LogP contribution in [0, 0.1) is 11.5 Å². The van der Waals surface area contributed by atoms with Crippen molar-refractivity contribution < 1.29 is 14.2 Å². The van der Waals surface area contributed by atoms with E-state index in [9.17, 15) is 0 Å². The van der Waals surface area contributed by atoms with Crippen LogP contribution in [0.15, 0.2) is 12.3 Å². The lowest BCUT2D eigenvalue weighted by Gasteiger charge is -2.07. The third-order valence-corrected chi connectivity index (χ3v) is 1.40. The van der Waals surface area contributed by atoms with Crippen molar-refractivity contribution in [1.82, 2.24) is 4.98 Å². The Kier molecular flexibility index (Phi) is 2.92. The molecule has 0 radical (unpaired) electrons. The first-order valence-electron chi connectivity index (χ1n) is 3.46. The van der Waals surface area contributed by atoms with Crippen LogP contribution in [0.25, 0.3) is 0 Å². The van der Waals surface area contributed by atoms with Gasteiger partial charge in [-0.25, -0.2) is 4.98 Å². The van der Waals surface area contributed by atoms with Crippen LogP contribution in [0.5, 0.6) is 17.4 Å². The van der Waals surface area contributed by atoms with Crippen LogP contribution in [0.3, 0.4) is 0 Å². The predicted molar refractivity (Wildman–Crippen MR) is 43.6 cm³/mol. The fraction of sp³-hybridized carbons (Fsp3) is 0.250. The van der Waals surface area contributed by atoms with Crippen LogP contribution in [0.4, 0.5) is 0 Å². The summed E-state index contributed by atoms with van der Waals surface area (Å²) in [6, 6.07) is 1.58. The van der Waals surface area contributed by atoms with Crippen molar-refractivity contribution in [2.24, 2.45) is 0 Å². The Hall–Kier alpha value is -1.96. The molecule has 0 aliphatic heterocycles. The van der Waals surface area contributed by atoms with Crippen molar-refractivity contribution in [1.29, 1.82) is 5.26 Å². The summed E-state index contributed by atoms with van der Waals surface area (Å²) >= 11 is 0. The molecule has 1 aromatic heterocycles. The topological polar surface area (TPSA) is 64.4 Å². The highest BCUT2D eigenvalue weighted by Gasteiger charge is 2.12. The van der Waals surface area contributed by atoms with Crippen molar-refractivity contribution in [2.45, 2.75) is 0 Å². The van der Waals surface area contributed by atoms with Crippen LogP contribution in [-0.2, 0) is 0 Å². The molecule has 0 bridgehead atoms. The molecule has 0 aliphatic rings. The fourth-order valence-corrected chi connectivity index (χ4v) is 0.858. The summed E-state index contributed by atoms with van der Waals surface area (Å²) in [6.45, 7) is 0. The molecule has 0 unspecified atom stereocenters. The molecule has 5 heteroatoms. The summed E-state index contributed by atoms with van der Waals surface area (Å²) < 4.78 is 14.5.